The Morgan fingerprint density at radius 1 is 1.52 bits per heavy atom. The van der Waals surface area contributed by atoms with Crippen LogP contribution < -0.4 is 10.2 Å². The van der Waals surface area contributed by atoms with Gasteiger partial charge in [-0.3, -0.25) is 9.59 Å². The van der Waals surface area contributed by atoms with E-state index in [0.29, 0.717) is 24.8 Å². The minimum Gasteiger partial charge on any atom is -0.483 e. The third kappa shape index (κ3) is 4.56. The zero-order valence-electron chi connectivity index (χ0n) is 17.3. The number of anilines is 1. The second-order valence-electron chi connectivity index (χ2n) is 8.03. The SMILES string of the molecule is CSc1nccc(N2C[C@@H]3[C@H](CNC(=O)Cc4ccsc4)[C@H]4CC[C@]3(C2)O4)n1.O=CO. The van der Waals surface area contributed by atoms with E-state index in [-0.39, 0.29) is 24.1 Å². The molecule has 5 rings (SSSR count). The van der Waals surface area contributed by atoms with E-state index in [0.717, 1.165) is 42.5 Å². The summed E-state index contributed by atoms with van der Waals surface area (Å²) in [4.78, 5) is 32.0. The van der Waals surface area contributed by atoms with Gasteiger partial charge in [-0.15, -0.1) is 0 Å². The number of aromatic nitrogens is 2. The summed E-state index contributed by atoms with van der Waals surface area (Å²) in [6.45, 7) is 2.28. The molecule has 8 nitrogen and oxygen atoms in total. The number of thioether (sulfide) groups is 1. The number of nitrogens with one attached hydrogen (secondary N) is 1. The first kappa shape index (κ1) is 22.0. The average Bonchev–Trinajstić information content (AvgIpc) is 3.54. The van der Waals surface area contributed by atoms with Crippen LogP contribution in [0.1, 0.15) is 18.4 Å². The van der Waals surface area contributed by atoms with E-state index in [2.05, 4.69) is 20.2 Å². The third-order valence-corrected chi connectivity index (χ3v) is 7.68. The number of fused-ring (bicyclic) bond motifs is 1. The van der Waals surface area contributed by atoms with E-state index in [1.165, 1.54) is 0 Å². The Bertz CT molecular complexity index is 913. The normalized spacial score (nSPS) is 28.0. The predicted molar refractivity (Wildman–Crippen MR) is 120 cm³/mol. The number of ether oxygens (including phenoxy) is 1. The lowest BCUT2D eigenvalue weighted by molar-refractivity contribution is -0.123. The van der Waals surface area contributed by atoms with Crippen molar-refractivity contribution in [2.24, 2.45) is 11.8 Å². The van der Waals surface area contributed by atoms with E-state index < -0.39 is 0 Å². The molecule has 0 aromatic carbocycles. The number of carboxylic acid groups (broad SMARTS) is 1. The van der Waals surface area contributed by atoms with Gasteiger partial charge in [0.15, 0.2) is 5.16 Å². The highest BCUT2D eigenvalue weighted by Gasteiger charge is 2.63. The number of amides is 1. The molecule has 4 atom stereocenters. The molecule has 10 heteroatoms. The van der Waals surface area contributed by atoms with Gasteiger partial charge in [0.2, 0.25) is 5.91 Å². The number of hydrogen-bond acceptors (Lipinski definition) is 8. The van der Waals surface area contributed by atoms with Gasteiger partial charge in [-0.05, 0) is 47.6 Å². The van der Waals surface area contributed by atoms with E-state index in [1.807, 2.05) is 35.3 Å². The molecule has 0 radical (unpaired) electrons. The molecule has 0 unspecified atom stereocenters. The lowest BCUT2D eigenvalue weighted by atomic mass is 9.73. The van der Waals surface area contributed by atoms with E-state index in [9.17, 15) is 4.79 Å². The highest BCUT2D eigenvalue weighted by molar-refractivity contribution is 7.98. The van der Waals surface area contributed by atoms with Crippen LogP contribution in [0.15, 0.2) is 34.2 Å². The Kier molecular flexibility index (Phi) is 6.78. The molecule has 3 fully saturated rings. The van der Waals surface area contributed by atoms with Crippen LogP contribution in [-0.4, -0.2) is 65.0 Å². The van der Waals surface area contributed by atoms with Crippen LogP contribution in [0.2, 0.25) is 0 Å². The van der Waals surface area contributed by atoms with E-state index in [4.69, 9.17) is 14.6 Å². The van der Waals surface area contributed by atoms with Gasteiger partial charge in [-0.25, -0.2) is 9.97 Å². The second kappa shape index (κ2) is 9.54. The van der Waals surface area contributed by atoms with Gasteiger partial charge in [0.25, 0.3) is 6.47 Å². The fraction of sp³-hybridized carbons (Fsp3) is 0.524. The zero-order valence-corrected chi connectivity index (χ0v) is 18.9. The maximum Gasteiger partial charge on any atom is 0.290 e. The van der Waals surface area contributed by atoms with Crippen molar-refractivity contribution < 1.29 is 19.4 Å². The van der Waals surface area contributed by atoms with Crippen LogP contribution >= 0.6 is 23.1 Å². The maximum atomic E-state index is 12.3. The molecule has 166 valence electrons. The monoisotopic (exact) mass is 462 g/mol. The van der Waals surface area contributed by atoms with Gasteiger partial charge in [0.1, 0.15) is 5.82 Å². The standard InChI is InChI=1S/C20H24N4O2S2.CH2O2/c1-27-19-21-6-3-17(23-19)24-10-15-14(16-2-5-20(15,12-24)26-16)9-22-18(25)8-13-4-7-28-11-13;2-1-3/h3-4,6-7,11,14-16H,2,5,8-10,12H2,1H3,(H,22,25);1H,(H,2,3)/t14-,15+,16+,20+;/m0./s1. The van der Waals surface area contributed by atoms with Crippen molar-refractivity contribution in [3.05, 3.63) is 34.7 Å². The molecule has 3 aliphatic heterocycles. The number of thiophene rings is 1. The largest absolute Gasteiger partial charge is 0.483 e. The van der Waals surface area contributed by atoms with Crippen LogP contribution in [-0.2, 0) is 20.7 Å². The molecule has 3 aliphatic rings. The van der Waals surface area contributed by atoms with Crippen LogP contribution in [0.25, 0.3) is 0 Å². The third-order valence-electron chi connectivity index (χ3n) is 6.39. The van der Waals surface area contributed by atoms with Crippen molar-refractivity contribution in [1.29, 1.82) is 0 Å². The Balaban J connectivity index is 0.000000730. The lowest BCUT2D eigenvalue weighted by Gasteiger charge is -2.29. The van der Waals surface area contributed by atoms with E-state index >= 15 is 0 Å². The van der Waals surface area contributed by atoms with Crippen molar-refractivity contribution >= 4 is 41.3 Å². The number of carbonyl (C=O) groups is 2. The first-order valence-electron chi connectivity index (χ1n) is 10.2. The van der Waals surface area contributed by atoms with E-state index in [1.54, 1.807) is 23.1 Å². The quantitative estimate of drug-likeness (QED) is 0.383. The number of rotatable bonds is 6. The highest BCUT2D eigenvalue weighted by Crippen LogP contribution is 2.55. The molecule has 1 spiro atoms. The molecule has 1 amide bonds. The van der Waals surface area contributed by atoms with Gasteiger partial charge in [-0.1, -0.05) is 11.8 Å². The maximum absolute atomic E-state index is 12.3. The van der Waals surface area contributed by atoms with Gasteiger partial charge in [0.05, 0.1) is 18.1 Å². The molecule has 5 heterocycles. The molecule has 0 saturated carbocycles. The zero-order chi connectivity index (χ0) is 21.8. The molecule has 0 aliphatic carbocycles. The first-order chi connectivity index (χ1) is 15.1. The van der Waals surface area contributed by atoms with Crippen molar-refractivity contribution in [2.75, 3.05) is 30.8 Å². The Morgan fingerprint density at radius 2 is 2.35 bits per heavy atom. The Morgan fingerprint density at radius 3 is 3.10 bits per heavy atom. The van der Waals surface area contributed by atoms with Gasteiger partial charge in [0, 0.05) is 37.7 Å². The Hall–Kier alpha value is -2.17. The van der Waals surface area contributed by atoms with Crippen molar-refractivity contribution in [1.82, 2.24) is 15.3 Å². The lowest BCUT2D eigenvalue weighted by Crippen LogP contribution is -2.42. The van der Waals surface area contributed by atoms with Crippen molar-refractivity contribution in [3.63, 3.8) is 0 Å². The highest BCUT2D eigenvalue weighted by atomic mass is 32.2. The fourth-order valence-corrected chi connectivity index (χ4v) is 6.14. The summed E-state index contributed by atoms with van der Waals surface area (Å²) < 4.78 is 6.50. The Labute approximate surface area is 189 Å². The molecule has 2 bridgehead atoms. The summed E-state index contributed by atoms with van der Waals surface area (Å²) in [7, 11) is 0. The summed E-state index contributed by atoms with van der Waals surface area (Å²) in [5.41, 5.74) is 1.02. The summed E-state index contributed by atoms with van der Waals surface area (Å²) in [6, 6.07) is 4.00. The topological polar surface area (TPSA) is 105 Å². The molecular weight excluding hydrogens is 436 g/mol. The van der Waals surface area contributed by atoms with Crippen LogP contribution in [0.3, 0.4) is 0 Å². The van der Waals surface area contributed by atoms with Crippen LogP contribution in [0.5, 0.6) is 0 Å². The molecule has 31 heavy (non-hydrogen) atoms. The molecule has 2 N–H and O–H groups in total. The average molecular weight is 463 g/mol. The molecular formula is C21H26N4O4S2. The van der Waals surface area contributed by atoms with Crippen LogP contribution in [0, 0.1) is 11.8 Å². The molecule has 3 saturated heterocycles. The first-order valence-corrected chi connectivity index (χ1v) is 12.4. The van der Waals surface area contributed by atoms with Gasteiger partial charge < -0.3 is 20.1 Å². The fourth-order valence-electron chi connectivity index (χ4n) is 5.12. The summed E-state index contributed by atoms with van der Waals surface area (Å²) in [5.74, 6) is 1.91. The van der Waals surface area contributed by atoms with Crippen LogP contribution in [0.4, 0.5) is 5.82 Å². The predicted octanol–water partition coefficient (Wildman–Crippen LogP) is 2.30. The summed E-state index contributed by atoms with van der Waals surface area (Å²) in [6.07, 6.45) is 6.77. The summed E-state index contributed by atoms with van der Waals surface area (Å²) in [5, 5.41) is 14.9. The molecule has 2 aromatic rings. The number of hydrogen-bond donors (Lipinski definition) is 2. The molecule has 2 aromatic heterocycles. The van der Waals surface area contributed by atoms with Crippen molar-refractivity contribution in [2.45, 2.75) is 36.1 Å². The number of carbonyl (C=O) groups excluding carboxylic acids is 1. The smallest absolute Gasteiger partial charge is 0.290 e. The minimum atomic E-state index is -0.250. The second-order valence-corrected chi connectivity index (χ2v) is 9.58. The van der Waals surface area contributed by atoms with Crippen molar-refractivity contribution in [3.8, 4) is 0 Å². The minimum absolute atomic E-state index is 0.0715. The van der Waals surface area contributed by atoms with Gasteiger partial charge in [-0.2, -0.15) is 11.3 Å². The van der Waals surface area contributed by atoms with Gasteiger partial charge >= 0.3 is 0 Å². The summed E-state index contributed by atoms with van der Waals surface area (Å²) >= 11 is 3.19. The number of nitrogens with zero attached hydrogens (tertiary/aromatic N) is 3.